The van der Waals surface area contributed by atoms with E-state index < -0.39 is 16.8 Å². The highest BCUT2D eigenvalue weighted by atomic mass is 16.6. The van der Waals surface area contributed by atoms with E-state index in [9.17, 15) is 19.7 Å². The maximum absolute atomic E-state index is 14.3. The molecule has 0 unspecified atom stereocenters. The first-order valence-corrected chi connectivity index (χ1v) is 14.3. The van der Waals surface area contributed by atoms with E-state index in [2.05, 4.69) is 77.9 Å². The normalized spacial score (nSPS) is 22.9. The van der Waals surface area contributed by atoms with Crippen LogP contribution in [0.25, 0.3) is 0 Å². The highest BCUT2D eigenvalue weighted by Gasteiger charge is 2.62. The molecule has 1 aliphatic heterocycles. The van der Waals surface area contributed by atoms with Gasteiger partial charge in [-0.25, -0.2) is 4.90 Å². The van der Waals surface area contributed by atoms with Crippen molar-refractivity contribution in [2.24, 2.45) is 11.8 Å². The van der Waals surface area contributed by atoms with Gasteiger partial charge in [0, 0.05) is 11.8 Å². The molecular weight excluding hydrogens is 516 g/mol. The second-order valence-corrected chi connectivity index (χ2v) is 13.5. The number of nitro benzene ring substituents is 1. The van der Waals surface area contributed by atoms with Crippen LogP contribution in [0.5, 0.6) is 5.75 Å². The number of rotatable bonds is 4. The Kier molecular flexibility index (Phi) is 5.97. The average Bonchev–Trinajstić information content (AvgIpc) is 3.17. The summed E-state index contributed by atoms with van der Waals surface area (Å²) in [6, 6.07) is 17.3. The second-order valence-electron chi connectivity index (χ2n) is 13.5. The summed E-state index contributed by atoms with van der Waals surface area (Å²) in [4.78, 5) is 41.3. The van der Waals surface area contributed by atoms with Crippen molar-refractivity contribution in [2.75, 3.05) is 11.5 Å². The highest BCUT2D eigenvalue weighted by Crippen LogP contribution is 2.62. The van der Waals surface area contributed by atoms with Gasteiger partial charge in [0.25, 0.3) is 5.69 Å². The van der Waals surface area contributed by atoms with E-state index in [1.807, 2.05) is 0 Å². The molecule has 1 fully saturated rings. The summed E-state index contributed by atoms with van der Waals surface area (Å²) in [5.41, 5.74) is 6.17. The fraction of sp³-hybridized carbons (Fsp3) is 0.412. The smallest absolute Gasteiger partial charge is 0.297 e. The minimum absolute atomic E-state index is 0.00104. The number of carbonyl (C=O) groups is 2. The van der Waals surface area contributed by atoms with Gasteiger partial charge in [-0.05, 0) is 63.3 Å². The highest BCUT2D eigenvalue weighted by molar-refractivity contribution is 6.24. The van der Waals surface area contributed by atoms with Gasteiger partial charge in [-0.2, -0.15) is 0 Å². The van der Waals surface area contributed by atoms with E-state index >= 15 is 0 Å². The number of carbonyl (C=O) groups excluding carboxylic acids is 2. The third-order valence-corrected chi connectivity index (χ3v) is 9.06. The number of benzene rings is 3. The molecule has 0 aromatic heterocycles. The summed E-state index contributed by atoms with van der Waals surface area (Å²) in [6.45, 7) is 15.1. The van der Waals surface area contributed by atoms with Gasteiger partial charge in [-0.15, -0.1) is 0 Å². The van der Waals surface area contributed by atoms with Crippen molar-refractivity contribution in [3.8, 4) is 5.75 Å². The Labute approximate surface area is 240 Å². The number of anilines is 1. The molecule has 4 aliphatic rings. The molecule has 212 valence electrons. The zero-order valence-electron chi connectivity index (χ0n) is 24.6. The van der Waals surface area contributed by atoms with Crippen LogP contribution >= 0.6 is 0 Å². The standard InChI is InChI=1S/C34H36N2O5/c1-8-41-20-11-14-25(26(17-20)36(39)40)35-31(37)29-27-22-13-10-19(34(5,6)7)16-24(22)28(30(29)32(35)38)21-12-9-18(15-23(21)27)33(2,3)4/h9-17,27-30H,8H2,1-7H3/t27-,28+,29+,30-. The summed E-state index contributed by atoms with van der Waals surface area (Å²) in [5.74, 6) is -2.31. The molecule has 41 heavy (non-hydrogen) atoms. The predicted octanol–water partition coefficient (Wildman–Crippen LogP) is 6.99. The molecule has 1 saturated heterocycles. The summed E-state index contributed by atoms with van der Waals surface area (Å²) < 4.78 is 5.48. The van der Waals surface area contributed by atoms with Crippen LogP contribution in [0.3, 0.4) is 0 Å². The summed E-state index contributed by atoms with van der Waals surface area (Å²) in [5, 5.41) is 12.1. The lowest BCUT2D eigenvalue weighted by molar-refractivity contribution is -0.384. The molecule has 2 amide bonds. The topological polar surface area (TPSA) is 89.8 Å². The molecule has 4 atom stereocenters. The van der Waals surface area contributed by atoms with Crippen LogP contribution in [0.2, 0.25) is 0 Å². The van der Waals surface area contributed by atoms with Gasteiger partial charge in [-0.3, -0.25) is 19.7 Å². The monoisotopic (exact) mass is 552 g/mol. The SMILES string of the molecule is CCOc1ccc(N2C(=O)[C@@H]3[C@@H]4c5cc(C(C)(C)C)ccc5[C@H](c5cc(C(C)(C)C)ccc54)[C@@H]3C2=O)c([N+](=O)[O-])c1. The maximum Gasteiger partial charge on any atom is 0.297 e. The lowest BCUT2D eigenvalue weighted by Crippen LogP contribution is -2.42. The van der Waals surface area contributed by atoms with Crippen molar-refractivity contribution in [1.29, 1.82) is 0 Å². The maximum atomic E-state index is 14.3. The molecule has 0 radical (unpaired) electrons. The zero-order chi connectivity index (χ0) is 29.6. The fourth-order valence-corrected chi connectivity index (χ4v) is 7.04. The van der Waals surface area contributed by atoms with Gasteiger partial charge < -0.3 is 4.74 Å². The van der Waals surface area contributed by atoms with Crippen LogP contribution in [0.1, 0.15) is 93.7 Å². The molecule has 2 bridgehead atoms. The first-order chi connectivity index (χ1) is 19.2. The number of nitro groups is 1. The molecule has 3 aromatic carbocycles. The van der Waals surface area contributed by atoms with Crippen LogP contribution < -0.4 is 9.64 Å². The van der Waals surface area contributed by atoms with E-state index in [0.717, 1.165) is 27.2 Å². The second kappa shape index (κ2) is 9.00. The van der Waals surface area contributed by atoms with Crippen LogP contribution in [0.15, 0.2) is 54.6 Å². The van der Waals surface area contributed by atoms with Crippen LogP contribution in [0, 0.1) is 22.0 Å². The molecule has 0 spiro atoms. The summed E-state index contributed by atoms with van der Waals surface area (Å²) in [7, 11) is 0. The van der Waals surface area contributed by atoms with E-state index in [0.29, 0.717) is 12.4 Å². The van der Waals surface area contributed by atoms with Gasteiger partial charge in [0.15, 0.2) is 0 Å². The first-order valence-electron chi connectivity index (χ1n) is 14.3. The quantitative estimate of drug-likeness (QED) is 0.198. The number of hydrogen-bond donors (Lipinski definition) is 0. The third kappa shape index (κ3) is 4.00. The Morgan fingerprint density at radius 3 is 1.66 bits per heavy atom. The van der Waals surface area contributed by atoms with Crippen molar-refractivity contribution >= 4 is 23.2 Å². The van der Waals surface area contributed by atoms with Crippen molar-refractivity contribution in [2.45, 2.75) is 71.1 Å². The van der Waals surface area contributed by atoms with Crippen LogP contribution in [0.4, 0.5) is 11.4 Å². The molecule has 7 nitrogen and oxygen atoms in total. The van der Waals surface area contributed by atoms with Crippen molar-refractivity contribution in [3.63, 3.8) is 0 Å². The number of hydrogen-bond acceptors (Lipinski definition) is 5. The summed E-state index contributed by atoms with van der Waals surface area (Å²) in [6.07, 6.45) is 0. The summed E-state index contributed by atoms with van der Waals surface area (Å²) >= 11 is 0. The van der Waals surface area contributed by atoms with Gasteiger partial charge >= 0.3 is 0 Å². The third-order valence-electron chi connectivity index (χ3n) is 9.06. The molecule has 3 aromatic rings. The van der Waals surface area contributed by atoms with E-state index in [1.54, 1.807) is 13.0 Å². The zero-order valence-corrected chi connectivity index (χ0v) is 24.6. The number of amides is 2. The Morgan fingerprint density at radius 2 is 1.24 bits per heavy atom. The molecular formula is C34H36N2O5. The number of ether oxygens (including phenoxy) is 1. The Morgan fingerprint density at radius 1 is 0.756 bits per heavy atom. The largest absolute Gasteiger partial charge is 0.494 e. The van der Waals surface area contributed by atoms with Crippen LogP contribution in [-0.2, 0) is 20.4 Å². The fourth-order valence-electron chi connectivity index (χ4n) is 7.04. The molecule has 1 heterocycles. The Balaban J connectivity index is 1.55. The van der Waals surface area contributed by atoms with Crippen molar-refractivity contribution in [1.82, 2.24) is 0 Å². The number of imide groups is 1. The van der Waals surface area contributed by atoms with Crippen molar-refractivity contribution < 1.29 is 19.2 Å². The molecule has 0 saturated carbocycles. The van der Waals surface area contributed by atoms with E-state index in [-0.39, 0.29) is 45.9 Å². The Hall–Kier alpha value is -4.00. The van der Waals surface area contributed by atoms with Gasteiger partial charge in [0.05, 0.1) is 29.4 Å². The predicted molar refractivity (Wildman–Crippen MR) is 158 cm³/mol. The van der Waals surface area contributed by atoms with Crippen LogP contribution in [-0.4, -0.2) is 23.3 Å². The van der Waals surface area contributed by atoms with Gasteiger partial charge in [0.2, 0.25) is 11.8 Å². The Bertz CT molecular complexity index is 1540. The van der Waals surface area contributed by atoms with E-state index in [1.165, 1.54) is 23.3 Å². The first kappa shape index (κ1) is 27.2. The van der Waals surface area contributed by atoms with Gasteiger partial charge in [0.1, 0.15) is 11.4 Å². The minimum Gasteiger partial charge on any atom is -0.494 e. The minimum atomic E-state index is -0.630. The average molecular weight is 553 g/mol. The lowest BCUT2D eigenvalue weighted by Gasteiger charge is -2.47. The number of nitrogens with zero attached hydrogens (tertiary/aromatic N) is 2. The van der Waals surface area contributed by atoms with Crippen molar-refractivity contribution in [3.05, 3.63) is 98.1 Å². The molecule has 3 aliphatic carbocycles. The molecule has 0 N–H and O–H groups in total. The van der Waals surface area contributed by atoms with Gasteiger partial charge in [-0.1, -0.05) is 77.9 Å². The molecule has 7 rings (SSSR count). The molecule has 7 heteroatoms. The van der Waals surface area contributed by atoms with E-state index in [4.69, 9.17) is 4.74 Å². The lowest BCUT2D eigenvalue weighted by atomic mass is 9.54.